The third-order valence-corrected chi connectivity index (χ3v) is 4.15. The lowest BCUT2D eigenvalue weighted by atomic mass is 10.2. The van der Waals surface area contributed by atoms with Gasteiger partial charge < -0.3 is 20.4 Å². The second-order valence-electron chi connectivity index (χ2n) is 5.30. The number of nitrogens with one attached hydrogen (secondary N) is 3. The van der Waals surface area contributed by atoms with Gasteiger partial charge in [-0.1, -0.05) is 0 Å². The van der Waals surface area contributed by atoms with Gasteiger partial charge in [0, 0.05) is 22.2 Å². The molecule has 0 aliphatic rings. The van der Waals surface area contributed by atoms with Crippen LogP contribution in [0.3, 0.4) is 0 Å². The van der Waals surface area contributed by atoms with E-state index in [1.165, 1.54) is 9.75 Å². The fraction of sp³-hybridized carbons (Fsp3) is 0.375. The van der Waals surface area contributed by atoms with E-state index >= 15 is 0 Å². The highest BCUT2D eigenvalue weighted by Gasteiger charge is 2.10. The van der Waals surface area contributed by atoms with Crippen molar-refractivity contribution in [2.75, 3.05) is 6.54 Å². The van der Waals surface area contributed by atoms with Crippen LogP contribution in [0.2, 0.25) is 0 Å². The van der Waals surface area contributed by atoms with Crippen LogP contribution in [0.4, 0.5) is 4.79 Å². The Morgan fingerprint density at radius 2 is 2.09 bits per heavy atom. The van der Waals surface area contributed by atoms with E-state index in [1.54, 1.807) is 29.7 Å². The number of hydrogen-bond donors (Lipinski definition) is 3. The number of amides is 3. The second-order valence-corrected chi connectivity index (χ2v) is 6.67. The van der Waals surface area contributed by atoms with E-state index in [4.69, 9.17) is 4.42 Å². The first-order valence-corrected chi connectivity index (χ1v) is 8.23. The molecule has 0 aliphatic heterocycles. The molecule has 0 fully saturated rings. The standard InChI is InChI=1S/C16H21N3O3S/c1-11(8-14-6-5-12(2)23-14)19-15(20)10-18-16(21)17-9-13-4-3-7-22-13/h3-7,11H,8-10H2,1-2H3,(H,19,20)(H2,17,18,21)/t11-/m0/s1. The number of thiophene rings is 1. The van der Waals surface area contributed by atoms with E-state index in [1.807, 2.05) is 6.92 Å². The van der Waals surface area contributed by atoms with Gasteiger partial charge in [-0.25, -0.2) is 4.79 Å². The lowest BCUT2D eigenvalue weighted by molar-refractivity contribution is -0.120. The van der Waals surface area contributed by atoms with Gasteiger partial charge in [0.2, 0.25) is 5.91 Å². The number of aryl methyl sites for hydroxylation is 1. The molecule has 0 unspecified atom stereocenters. The summed E-state index contributed by atoms with van der Waals surface area (Å²) in [4.78, 5) is 25.9. The number of hydrogen-bond acceptors (Lipinski definition) is 4. The molecule has 0 bridgehead atoms. The molecular formula is C16H21N3O3S. The van der Waals surface area contributed by atoms with Crippen LogP contribution in [-0.4, -0.2) is 24.5 Å². The van der Waals surface area contributed by atoms with Crippen molar-refractivity contribution >= 4 is 23.3 Å². The minimum Gasteiger partial charge on any atom is -0.467 e. The molecule has 2 aromatic rings. The summed E-state index contributed by atoms with van der Waals surface area (Å²) >= 11 is 1.73. The van der Waals surface area contributed by atoms with Gasteiger partial charge in [0.15, 0.2) is 0 Å². The molecule has 2 heterocycles. The van der Waals surface area contributed by atoms with Crippen molar-refractivity contribution in [1.29, 1.82) is 0 Å². The average molecular weight is 335 g/mol. The molecule has 0 saturated carbocycles. The quantitative estimate of drug-likeness (QED) is 0.725. The Bertz CT molecular complexity index is 637. The van der Waals surface area contributed by atoms with Crippen LogP contribution in [0.25, 0.3) is 0 Å². The van der Waals surface area contributed by atoms with Gasteiger partial charge in [-0.05, 0) is 38.1 Å². The maximum atomic E-state index is 11.8. The molecule has 1 atom stereocenters. The maximum Gasteiger partial charge on any atom is 0.315 e. The van der Waals surface area contributed by atoms with Gasteiger partial charge >= 0.3 is 6.03 Å². The lowest BCUT2D eigenvalue weighted by Crippen LogP contribution is -2.44. The molecule has 23 heavy (non-hydrogen) atoms. The SMILES string of the molecule is Cc1ccc(C[C@H](C)NC(=O)CNC(=O)NCc2ccco2)s1. The van der Waals surface area contributed by atoms with Gasteiger partial charge in [0.1, 0.15) is 5.76 Å². The minimum atomic E-state index is -0.405. The molecule has 2 rings (SSSR count). The Morgan fingerprint density at radius 3 is 2.74 bits per heavy atom. The molecule has 0 aliphatic carbocycles. The number of carbonyl (C=O) groups excluding carboxylic acids is 2. The van der Waals surface area contributed by atoms with Crippen LogP contribution >= 0.6 is 11.3 Å². The first-order chi connectivity index (χ1) is 11.0. The van der Waals surface area contributed by atoms with E-state index < -0.39 is 6.03 Å². The van der Waals surface area contributed by atoms with Crippen LogP contribution in [-0.2, 0) is 17.8 Å². The predicted octanol–water partition coefficient (Wildman–Crippen LogP) is 2.20. The largest absolute Gasteiger partial charge is 0.467 e. The minimum absolute atomic E-state index is 0.0218. The van der Waals surface area contributed by atoms with Crippen molar-refractivity contribution in [1.82, 2.24) is 16.0 Å². The average Bonchev–Trinajstić information content (AvgIpc) is 3.14. The molecular weight excluding hydrogens is 314 g/mol. The molecule has 3 amide bonds. The third-order valence-electron chi connectivity index (χ3n) is 3.12. The summed E-state index contributed by atoms with van der Waals surface area (Å²) in [5, 5.41) is 8.00. The highest BCUT2D eigenvalue weighted by atomic mass is 32.1. The second kappa shape index (κ2) is 8.38. The summed E-state index contributed by atoms with van der Waals surface area (Å²) in [6, 6.07) is 7.27. The highest BCUT2D eigenvalue weighted by Crippen LogP contribution is 2.16. The van der Waals surface area contributed by atoms with Crippen LogP contribution in [0.15, 0.2) is 34.9 Å². The molecule has 7 heteroatoms. The normalized spacial score (nSPS) is 11.7. The molecule has 0 aromatic carbocycles. The number of furan rings is 1. The van der Waals surface area contributed by atoms with Crippen molar-refractivity contribution in [3.63, 3.8) is 0 Å². The van der Waals surface area contributed by atoms with Gasteiger partial charge in [0.05, 0.1) is 19.4 Å². The fourth-order valence-corrected chi connectivity index (χ4v) is 3.10. The summed E-state index contributed by atoms with van der Waals surface area (Å²) in [5.74, 6) is 0.448. The van der Waals surface area contributed by atoms with Gasteiger partial charge in [-0.15, -0.1) is 11.3 Å². The topological polar surface area (TPSA) is 83.4 Å². The zero-order chi connectivity index (χ0) is 16.7. The Kier molecular flexibility index (Phi) is 6.22. The van der Waals surface area contributed by atoms with Crippen molar-refractivity contribution in [2.24, 2.45) is 0 Å². The first kappa shape index (κ1) is 17.1. The van der Waals surface area contributed by atoms with Gasteiger partial charge in [-0.2, -0.15) is 0 Å². The fourth-order valence-electron chi connectivity index (χ4n) is 2.08. The van der Waals surface area contributed by atoms with Crippen molar-refractivity contribution in [3.8, 4) is 0 Å². The van der Waals surface area contributed by atoms with E-state index in [0.717, 1.165) is 6.42 Å². The predicted molar refractivity (Wildman–Crippen MR) is 89.3 cm³/mol. The smallest absolute Gasteiger partial charge is 0.315 e. The Hall–Kier alpha value is -2.28. The number of carbonyl (C=O) groups is 2. The molecule has 124 valence electrons. The Labute approximate surface area is 139 Å². The first-order valence-electron chi connectivity index (χ1n) is 7.41. The molecule has 0 saturated heterocycles. The van der Waals surface area contributed by atoms with Crippen LogP contribution in [0.5, 0.6) is 0 Å². The Balaban J connectivity index is 1.63. The summed E-state index contributed by atoms with van der Waals surface area (Å²) < 4.78 is 5.10. The lowest BCUT2D eigenvalue weighted by Gasteiger charge is -2.13. The zero-order valence-corrected chi connectivity index (χ0v) is 14.0. The summed E-state index contributed by atoms with van der Waals surface area (Å²) in [7, 11) is 0. The van der Waals surface area contributed by atoms with Gasteiger partial charge in [-0.3, -0.25) is 4.79 Å². The third kappa shape index (κ3) is 6.15. The van der Waals surface area contributed by atoms with E-state index in [9.17, 15) is 9.59 Å². The van der Waals surface area contributed by atoms with Crippen molar-refractivity contribution in [2.45, 2.75) is 32.9 Å². The van der Waals surface area contributed by atoms with E-state index in [-0.39, 0.29) is 25.0 Å². The van der Waals surface area contributed by atoms with Crippen LogP contribution in [0.1, 0.15) is 22.4 Å². The molecule has 0 radical (unpaired) electrons. The van der Waals surface area contributed by atoms with Crippen LogP contribution < -0.4 is 16.0 Å². The molecule has 6 nitrogen and oxygen atoms in total. The van der Waals surface area contributed by atoms with Crippen molar-refractivity contribution < 1.29 is 14.0 Å². The number of rotatable bonds is 7. The van der Waals surface area contributed by atoms with Crippen LogP contribution in [0, 0.1) is 6.92 Å². The van der Waals surface area contributed by atoms with E-state index in [0.29, 0.717) is 5.76 Å². The summed E-state index contributed by atoms with van der Waals surface area (Å²) in [6.45, 7) is 4.24. The summed E-state index contributed by atoms with van der Waals surface area (Å²) in [6.07, 6.45) is 2.33. The highest BCUT2D eigenvalue weighted by molar-refractivity contribution is 7.11. The Morgan fingerprint density at radius 1 is 1.26 bits per heavy atom. The molecule has 2 aromatic heterocycles. The molecule has 0 spiro atoms. The number of urea groups is 1. The summed E-state index contributed by atoms with van der Waals surface area (Å²) in [5.41, 5.74) is 0. The monoisotopic (exact) mass is 335 g/mol. The molecule has 3 N–H and O–H groups in total. The van der Waals surface area contributed by atoms with E-state index in [2.05, 4.69) is 35.0 Å². The zero-order valence-electron chi connectivity index (χ0n) is 13.2. The van der Waals surface area contributed by atoms with Gasteiger partial charge in [0.25, 0.3) is 0 Å². The maximum absolute atomic E-state index is 11.8. The van der Waals surface area contributed by atoms with Crippen molar-refractivity contribution in [3.05, 3.63) is 46.0 Å².